The number of hydrogen-bond donors (Lipinski definition) is 0. The van der Waals surface area contributed by atoms with Gasteiger partial charge in [0.2, 0.25) is 0 Å². The van der Waals surface area contributed by atoms with Crippen LogP contribution in [0, 0.1) is 11.8 Å². The van der Waals surface area contributed by atoms with Crippen molar-refractivity contribution in [2.75, 3.05) is 7.11 Å². The molecule has 1 saturated carbocycles. The number of ether oxygens (including phenoxy) is 1. The van der Waals surface area contributed by atoms with Gasteiger partial charge in [-0.2, -0.15) is 0 Å². The van der Waals surface area contributed by atoms with Crippen molar-refractivity contribution in [3.05, 3.63) is 71.8 Å². The Morgan fingerprint density at radius 1 is 1.00 bits per heavy atom. The Hall–Kier alpha value is -1.08. The van der Waals surface area contributed by atoms with E-state index in [4.69, 9.17) is 4.74 Å². The van der Waals surface area contributed by atoms with Crippen LogP contribution in [0.3, 0.4) is 0 Å². The molecule has 0 amide bonds. The van der Waals surface area contributed by atoms with E-state index < -0.39 is 0 Å². The van der Waals surface area contributed by atoms with Gasteiger partial charge in [-0.25, -0.2) is 0 Å². The molecule has 2 aromatic rings. The van der Waals surface area contributed by atoms with E-state index in [0.717, 1.165) is 16.7 Å². The van der Waals surface area contributed by atoms with E-state index in [1.807, 2.05) is 7.11 Å². The number of benzene rings is 2. The Bertz CT molecular complexity index is 682. The van der Waals surface area contributed by atoms with Crippen LogP contribution in [0.15, 0.2) is 60.7 Å². The molecule has 146 valence electrons. The van der Waals surface area contributed by atoms with Crippen LogP contribution >= 0.6 is 0 Å². The third kappa shape index (κ3) is 5.05. The summed E-state index contributed by atoms with van der Waals surface area (Å²) < 4.78 is 5.88. The molecule has 1 aliphatic rings. The zero-order valence-corrected chi connectivity index (χ0v) is 18.9. The van der Waals surface area contributed by atoms with E-state index in [1.54, 1.807) is 0 Å². The summed E-state index contributed by atoms with van der Waals surface area (Å²) in [6.07, 6.45) is 4.36. The van der Waals surface area contributed by atoms with Gasteiger partial charge in [-0.15, -0.1) is 0 Å². The standard InChI is InChI=1S/C25H34OSe/c1-19-15-16-22(25(2,3)21-13-9-6-10-14-21)24(17-19)27-18-23(26-4)20-11-7-5-8-12-20/h5-14,19,22-24H,15-18H2,1-4H3/t19-,22-,23?,24-/m1/s1. The van der Waals surface area contributed by atoms with E-state index in [2.05, 4.69) is 81.4 Å². The van der Waals surface area contributed by atoms with Gasteiger partial charge in [0.25, 0.3) is 0 Å². The molecule has 0 heterocycles. The van der Waals surface area contributed by atoms with Crippen LogP contribution in [0.1, 0.15) is 57.3 Å². The normalized spacial score (nSPS) is 24.5. The van der Waals surface area contributed by atoms with Crippen LogP contribution in [-0.4, -0.2) is 22.1 Å². The van der Waals surface area contributed by atoms with E-state index in [0.29, 0.717) is 15.0 Å². The quantitative estimate of drug-likeness (QED) is 0.445. The maximum atomic E-state index is 5.88. The summed E-state index contributed by atoms with van der Waals surface area (Å²) in [7, 11) is 1.86. The van der Waals surface area contributed by atoms with Gasteiger partial charge in [0.15, 0.2) is 0 Å². The molecule has 0 N–H and O–H groups in total. The summed E-state index contributed by atoms with van der Waals surface area (Å²) in [5.41, 5.74) is 3.06. The molecule has 0 saturated heterocycles. The fourth-order valence-corrected chi connectivity index (χ4v) is 8.64. The monoisotopic (exact) mass is 430 g/mol. The second kappa shape index (κ2) is 9.41. The van der Waals surface area contributed by atoms with Crippen molar-refractivity contribution in [3.8, 4) is 0 Å². The molecule has 1 aliphatic carbocycles. The first kappa shape index (κ1) is 20.6. The van der Waals surface area contributed by atoms with Gasteiger partial charge in [-0.05, 0) is 0 Å². The Labute approximate surface area is 172 Å². The predicted octanol–water partition coefficient (Wildman–Crippen LogP) is 6.70. The summed E-state index contributed by atoms with van der Waals surface area (Å²) >= 11 is 0.585. The van der Waals surface area contributed by atoms with E-state index >= 15 is 0 Å². The minimum atomic E-state index is 0.239. The Balaban J connectivity index is 1.74. The van der Waals surface area contributed by atoms with Crippen LogP contribution < -0.4 is 0 Å². The van der Waals surface area contributed by atoms with Gasteiger partial charge in [-0.3, -0.25) is 0 Å². The molecule has 2 heteroatoms. The average Bonchev–Trinajstić information content (AvgIpc) is 2.70. The SMILES string of the molecule is COC(C[Se][C@@H]1C[C@H](C)CC[C@H]1C(C)(C)c1ccccc1)c1ccccc1. The van der Waals surface area contributed by atoms with Crippen molar-refractivity contribution in [1.29, 1.82) is 0 Å². The van der Waals surface area contributed by atoms with E-state index in [9.17, 15) is 0 Å². The molecule has 0 aromatic heterocycles. The van der Waals surface area contributed by atoms with Crippen molar-refractivity contribution in [2.45, 2.75) is 61.7 Å². The molecular formula is C25H34OSe. The van der Waals surface area contributed by atoms with Gasteiger partial charge >= 0.3 is 172 Å². The molecule has 0 aliphatic heterocycles. The number of methoxy groups -OCH3 is 1. The summed E-state index contributed by atoms with van der Waals surface area (Å²) in [4.78, 5) is 0.831. The third-order valence-electron chi connectivity index (χ3n) is 6.42. The second-order valence-corrected chi connectivity index (χ2v) is 11.3. The molecular weight excluding hydrogens is 395 g/mol. The Morgan fingerprint density at radius 3 is 2.26 bits per heavy atom. The maximum absolute atomic E-state index is 5.88. The summed E-state index contributed by atoms with van der Waals surface area (Å²) in [5.74, 6) is 1.63. The fraction of sp³-hybridized carbons (Fsp3) is 0.520. The molecule has 2 aromatic carbocycles. The fourth-order valence-electron chi connectivity index (χ4n) is 4.60. The van der Waals surface area contributed by atoms with Crippen LogP contribution in [0.2, 0.25) is 10.1 Å². The zero-order chi connectivity index (χ0) is 19.3. The van der Waals surface area contributed by atoms with Gasteiger partial charge in [0.1, 0.15) is 0 Å². The molecule has 0 spiro atoms. The topological polar surface area (TPSA) is 9.23 Å². The number of hydrogen-bond acceptors (Lipinski definition) is 1. The van der Waals surface area contributed by atoms with Crippen molar-refractivity contribution in [2.24, 2.45) is 11.8 Å². The van der Waals surface area contributed by atoms with Gasteiger partial charge in [-0.1, -0.05) is 0 Å². The first-order valence-corrected chi connectivity index (χ1v) is 12.5. The third-order valence-corrected chi connectivity index (χ3v) is 9.45. The van der Waals surface area contributed by atoms with Crippen LogP contribution in [0.25, 0.3) is 0 Å². The van der Waals surface area contributed by atoms with E-state index in [1.165, 1.54) is 35.7 Å². The van der Waals surface area contributed by atoms with Crippen molar-refractivity contribution < 1.29 is 4.74 Å². The molecule has 1 nitrogen and oxygen atoms in total. The second-order valence-electron chi connectivity index (χ2n) is 8.62. The molecule has 1 unspecified atom stereocenters. The Morgan fingerprint density at radius 2 is 1.63 bits per heavy atom. The first-order valence-electron chi connectivity index (χ1n) is 10.3. The zero-order valence-electron chi connectivity index (χ0n) is 17.2. The molecule has 0 radical (unpaired) electrons. The van der Waals surface area contributed by atoms with Gasteiger partial charge in [0.05, 0.1) is 0 Å². The van der Waals surface area contributed by atoms with E-state index in [-0.39, 0.29) is 11.5 Å². The summed E-state index contributed by atoms with van der Waals surface area (Å²) in [6.45, 7) is 7.38. The molecule has 0 bridgehead atoms. The predicted molar refractivity (Wildman–Crippen MR) is 116 cm³/mol. The number of rotatable bonds is 7. The summed E-state index contributed by atoms with van der Waals surface area (Å²) in [6, 6.07) is 21.9. The first-order chi connectivity index (χ1) is 13.0. The van der Waals surface area contributed by atoms with Gasteiger partial charge in [0, 0.05) is 0 Å². The average molecular weight is 430 g/mol. The van der Waals surface area contributed by atoms with Crippen molar-refractivity contribution >= 4 is 15.0 Å². The molecule has 1 fully saturated rings. The van der Waals surface area contributed by atoms with Gasteiger partial charge < -0.3 is 0 Å². The van der Waals surface area contributed by atoms with Crippen molar-refractivity contribution in [1.82, 2.24) is 0 Å². The summed E-state index contributed by atoms with van der Waals surface area (Å²) in [5, 5.41) is 1.17. The molecule has 3 rings (SSSR count). The van der Waals surface area contributed by atoms with Crippen LogP contribution in [0.4, 0.5) is 0 Å². The van der Waals surface area contributed by atoms with Crippen LogP contribution in [0.5, 0.6) is 0 Å². The van der Waals surface area contributed by atoms with Crippen molar-refractivity contribution in [3.63, 3.8) is 0 Å². The van der Waals surface area contributed by atoms with Crippen LogP contribution in [-0.2, 0) is 10.2 Å². The molecule has 4 atom stereocenters. The minimum absolute atomic E-state index is 0.239. The molecule has 27 heavy (non-hydrogen) atoms. The Kier molecular flexibility index (Phi) is 7.20.